The van der Waals surface area contributed by atoms with Crippen LogP contribution < -0.4 is 9.64 Å². The zero-order valence-corrected chi connectivity index (χ0v) is 15.7. The van der Waals surface area contributed by atoms with E-state index in [1.165, 1.54) is 0 Å². The molecule has 1 fully saturated rings. The van der Waals surface area contributed by atoms with Gasteiger partial charge in [-0.15, -0.1) is 0 Å². The maximum absolute atomic E-state index is 12.9. The molecule has 29 heavy (non-hydrogen) atoms. The van der Waals surface area contributed by atoms with Gasteiger partial charge in [-0.1, -0.05) is 0 Å². The van der Waals surface area contributed by atoms with E-state index in [1.54, 1.807) is 11.9 Å². The van der Waals surface area contributed by atoms with E-state index < -0.39 is 29.2 Å². The van der Waals surface area contributed by atoms with Gasteiger partial charge < -0.3 is 9.64 Å². The predicted octanol–water partition coefficient (Wildman–Crippen LogP) is 5.22. The maximum atomic E-state index is 12.9. The molecule has 1 saturated carbocycles. The largest absolute Gasteiger partial charge is 0.492 e. The van der Waals surface area contributed by atoms with Gasteiger partial charge in [0.15, 0.2) is 0 Å². The van der Waals surface area contributed by atoms with E-state index in [-0.39, 0.29) is 19.2 Å². The van der Waals surface area contributed by atoms with Crippen molar-refractivity contribution in [2.45, 2.75) is 38.0 Å². The summed E-state index contributed by atoms with van der Waals surface area (Å²) in [6.07, 6.45) is -7.69. The smallest absolute Gasteiger partial charge is 0.416 e. The highest BCUT2D eigenvalue weighted by molar-refractivity contribution is 5.38. The van der Waals surface area contributed by atoms with Gasteiger partial charge in [0.25, 0.3) is 0 Å². The standard InChI is InChI=1S/C19H19F6N3O/c1-11-7-16(12-3-4-12)27-17(26-11)28(2)5-6-29-15-9-13(18(20,21)22)8-14(10-15)19(23,24)25/h7-10,12H,3-6H2,1-2H3. The van der Waals surface area contributed by atoms with Crippen molar-refractivity contribution >= 4 is 5.95 Å². The maximum Gasteiger partial charge on any atom is 0.416 e. The fourth-order valence-electron chi connectivity index (χ4n) is 2.75. The molecule has 0 N–H and O–H groups in total. The Balaban J connectivity index is 1.70. The van der Waals surface area contributed by atoms with Crippen LogP contribution >= 0.6 is 0 Å². The molecule has 1 aliphatic carbocycles. The van der Waals surface area contributed by atoms with Gasteiger partial charge >= 0.3 is 12.4 Å². The van der Waals surface area contributed by atoms with Crippen molar-refractivity contribution in [1.29, 1.82) is 0 Å². The van der Waals surface area contributed by atoms with Crippen molar-refractivity contribution in [3.8, 4) is 5.75 Å². The summed E-state index contributed by atoms with van der Waals surface area (Å²) in [6.45, 7) is 1.89. The molecule has 3 rings (SSSR count). The number of benzene rings is 1. The monoisotopic (exact) mass is 419 g/mol. The molecule has 0 bridgehead atoms. The fourth-order valence-corrected chi connectivity index (χ4v) is 2.75. The molecule has 2 aromatic rings. The zero-order chi connectivity index (χ0) is 21.4. The van der Waals surface area contributed by atoms with Gasteiger partial charge in [0, 0.05) is 24.4 Å². The second kappa shape index (κ2) is 7.72. The molecule has 0 amide bonds. The van der Waals surface area contributed by atoms with Crippen LogP contribution in [0.5, 0.6) is 5.75 Å². The van der Waals surface area contributed by atoms with Crippen LogP contribution in [0.3, 0.4) is 0 Å². The van der Waals surface area contributed by atoms with E-state index in [0.29, 0.717) is 24.0 Å². The van der Waals surface area contributed by atoms with Gasteiger partial charge in [-0.25, -0.2) is 9.97 Å². The minimum Gasteiger partial charge on any atom is -0.492 e. The van der Waals surface area contributed by atoms with Crippen LogP contribution in [-0.2, 0) is 12.4 Å². The van der Waals surface area contributed by atoms with Crippen molar-refractivity contribution in [3.05, 3.63) is 46.8 Å². The molecular weight excluding hydrogens is 400 g/mol. The number of ether oxygens (including phenoxy) is 1. The molecule has 1 heterocycles. The quantitative estimate of drug-likeness (QED) is 0.602. The number of aryl methyl sites for hydroxylation is 1. The third-order valence-electron chi connectivity index (χ3n) is 4.46. The summed E-state index contributed by atoms with van der Waals surface area (Å²) in [5.74, 6) is 0.367. The van der Waals surface area contributed by atoms with E-state index in [9.17, 15) is 26.3 Å². The van der Waals surface area contributed by atoms with Crippen LogP contribution in [-0.4, -0.2) is 30.2 Å². The average Bonchev–Trinajstić information content (AvgIpc) is 3.44. The molecular formula is C19H19F6N3O. The molecule has 0 saturated heterocycles. The molecule has 0 spiro atoms. The Morgan fingerprint density at radius 2 is 1.55 bits per heavy atom. The van der Waals surface area contributed by atoms with Crippen molar-refractivity contribution < 1.29 is 31.1 Å². The molecule has 1 aliphatic rings. The Labute approximate surface area is 163 Å². The van der Waals surface area contributed by atoms with Crippen LogP contribution in [0, 0.1) is 6.92 Å². The van der Waals surface area contributed by atoms with E-state index in [4.69, 9.17) is 4.74 Å². The van der Waals surface area contributed by atoms with Crippen molar-refractivity contribution in [3.63, 3.8) is 0 Å². The van der Waals surface area contributed by atoms with E-state index >= 15 is 0 Å². The molecule has 4 nitrogen and oxygen atoms in total. The average molecular weight is 419 g/mol. The van der Waals surface area contributed by atoms with Crippen LogP contribution in [0.2, 0.25) is 0 Å². The lowest BCUT2D eigenvalue weighted by molar-refractivity contribution is -0.143. The van der Waals surface area contributed by atoms with Crippen LogP contribution in [0.1, 0.15) is 41.3 Å². The topological polar surface area (TPSA) is 38.2 Å². The van der Waals surface area contributed by atoms with E-state index in [1.807, 2.05) is 13.0 Å². The highest BCUT2D eigenvalue weighted by Crippen LogP contribution is 2.40. The second-order valence-corrected chi connectivity index (χ2v) is 7.02. The van der Waals surface area contributed by atoms with E-state index in [0.717, 1.165) is 24.2 Å². The Morgan fingerprint density at radius 1 is 0.966 bits per heavy atom. The molecule has 0 aliphatic heterocycles. The predicted molar refractivity (Wildman–Crippen MR) is 94.0 cm³/mol. The number of rotatable bonds is 6. The number of anilines is 1. The number of likely N-dealkylation sites (N-methyl/N-ethyl adjacent to an activating group) is 1. The first-order valence-corrected chi connectivity index (χ1v) is 8.92. The number of hydrogen-bond donors (Lipinski definition) is 0. The summed E-state index contributed by atoms with van der Waals surface area (Å²) < 4.78 is 82.6. The Bertz CT molecular complexity index is 845. The number of nitrogens with zero attached hydrogens (tertiary/aromatic N) is 3. The summed E-state index contributed by atoms with van der Waals surface area (Å²) >= 11 is 0. The van der Waals surface area contributed by atoms with Gasteiger partial charge in [0.2, 0.25) is 5.95 Å². The molecule has 0 radical (unpaired) electrons. The lowest BCUT2D eigenvalue weighted by Crippen LogP contribution is -2.26. The number of halogens is 6. The van der Waals surface area contributed by atoms with Gasteiger partial charge in [-0.05, 0) is 44.0 Å². The highest BCUT2D eigenvalue weighted by atomic mass is 19.4. The molecule has 1 aromatic heterocycles. The zero-order valence-electron chi connectivity index (χ0n) is 15.7. The number of alkyl halides is 6. The Morgan fingerprint density at radius 3 is 2.07 bits per heavy atom. The molecule has 1 aromatic carbocycles. The van der Waals surface area contributed by atoms with Gasteiger partial charge in [0.1, 0.15) is 12.4 Å². The van der Waals surface area contributed by atoms with Gasteiger partial charge in [-0.2, -0.15) is 26.3 Å². The third kappa shape index (κ3) is 5.51. The summed E-state index contributed by atoms with van der Waals surface area (Å²) in [4.78, 5) is 10.4. The number of aromatic nitrogens is 2. The molecule has 158 valence electrons. The Hall–Kier alpha value is -2.52. The van der Waals surface area contributed by atoms with Crippen molar-refractivity contribution in [2.75, 3.05) is 25.1 Å². The molecule has 0 atom stereocenters. The van der Waals surface area contributed by atoms with Crippen LogP contribution in [0.15, 0.2) is 24.3 Å². The summed E-state index contributed by atoms with van der Waals surface area (Å²) in [5.41, 5.74) is -1.09. The SMILES string of the molecule is Cc1cc(C2CC2)nc(N(C)CCOc2cc(C(F)(F)F)cc(C(F)(F)F)c2)n1. The summed E-state index contributed by atoms with van der Waals surface area (Å²) in [6, 6.07) is 3.10. The van der Waals surface area contributed by atoms with Crippen molar-refractivity contribution in [2.24, 2.45) is 0 Å². The second-order valence-electron chi connectivity index (χ2n) is 7.02. The highest BCUT2D eigenvalue weighted by Gasteiger charge is 2.37. The van der Waals surface area contributed by atoms with Crippen LogP contribution in [0.4, 0.5) is 32.3 Å². The van der Waals surface area contributed by atoms with Crippen molar-refractivity contribution in [1.82, 2.24) is 9.97 Å². The van der Waals surface area contributed by atoms with Crippen LogP contribution in [0.25, 0.3) is 0 Å². The Kier molecular flexibility index (Phi) is 5.64. The molecule has 10 heteroatoms. The van der Waals surface area contributed by atoms with Gasteiger partial charge in [-0.3, -0.25) is 0 Å². The third-order valence-corrected chi connectivity index (χ3v) is 4.46. The fraction of sp³-hybridized carbons (Fsp3) is 0.474. The van der Waals surface area contributed by atoms with E-state index in [2.05, 4.69) is 9.97 Å². The lowest BCUT2D eigenvalue weighted by Gasteiger charge is -2.19. The van der Waals surface area contributed by atoms with Gasteiger partial charge in [0.05, 0.1) is 17.7 Å². The number of hydrogen-bond acceptors (Lipinski definition) is 4. The first kappa shape index (κ1) is 21.2. The normalized spacial score (nSPS) is 14.8. The molecule has 0 unspecified atom stereocenters. The first-order valence-electron chi connectivity index (χ1n) is 8.92. The first-order chi connectivity index (χ1) is 13.4. The lowest BCUT2D eigenvalue weighted by atomic mass is 10.1. The minimum absolute atomic E-state index is 0.0684. The summed E-state index contributed by atoms with van der Waals surface area (Å²) in [5, 5.41) is 0. The summed E-state index contributed by atoms with van der Waals surface area (Å²) in [7, 11) is 1.68. The minimum atomic E-state index is -4.91.